The second kappa shape index (κ2) is 6.11. The summed E-state index contributed by atoms with van der Waals surface area (Å²) in [5.41, 5.74) is -0.753. The van der Waals surface area contributed by atoms with Crippen LogP contribution in [0.3, 0.4) is 0 Å². The third-order valence-electron chi connectivity index (χ3n) is 3.76. The number of rotatable bonds is 6. The minimum absolute atomic E-state index is 0.363. The molecule has 5 nitrogen and oxygen atoms in total. The smallest absolute Gasteiger partial charge is 0.167 e. The molecule has 1 N–H and O–H groups in total. The third kappa shape index (κ3) is 3.63. The molecule has 1 aliphatic rings. The van der Waals surface area contributed by atoms with Crippen molar-refractivity contribution in [2.24, 2.45) is 0 Å². The molecule has 0 saturated heterocycles. The summed E-state index contributed by atoms with van der Waals surface area (Å²) < 4.78 is 21.0. The van der Waals surface area contributed by atoms with Gasteiger partial charge < -0.3 is 24.1 Å². The largest absolute Gasteiger partial charge is 0.390 e. The predicted molar refractivity (Wildman–Crippen MR) is 62.6 cm³/mol. The van der Waals surface area contributed by atoms with E-state index in [1.165, 1.54) is 0 Å². The summed E-state index contributed by atoms with van der Waals surface area (Å²) in [6.45, 7) is 0. The highest BCUT2D eigenvalue weighted by Gasteiger charge is 2.43. The second-order valence-corrected chi connectivity index (χ2v) is 4.65. The monoisotopic (exact) mass is 248 g/mol. The molecule has 17 heavy (non-hydrogen) atoms. The Bertz CT molecular complexity index is 213. The first-order valence-corrected chi connectivity index (χ1v) is 5.91. The first kappa shape index (κ1) is 14.9. The van der Waals surface area contributed by atoms with Crippen molar-refractivity contribution in [2.45, 2.75) is 49.8 Å². The lowest BCUT2D eigenvalue weighted by atomic mass is 9.79. The van der Waals surface area contributed by atoms with Gasteiger partial charge in [0.15, 0.2) is 12.1 Å². The standard InChI is InChI=1S/C12H24O5/c1-14-10(15-2)9-11(13)5-7-12(16-3,17-4)8-6-11/h10,13H,5-9H2,1-4H3. The molecule has 0 atom stereocenters. The van der Waals surface area contributed by atoms with Crippen LogP contribution in [0.5, 0.6) is 0 Å². The molecule has 1 rings (SSSR count). The first-order valence-electron chi connectivity index (χ1n) is 5.91. The van der Waals surface area contributed by atoms with Gasteiger partial charge in [-0.3, -0.25) is 0 Å². The van der Waals surface area contributed by atoms with E-state index >= 15 is 0 Å². The maximum absolute atomic E-state index is 10.5. The summed E-state index contributed by atoms with van der Waals surface area (Å²) >= 11 is 0. The fourth-order valence-electron chi connectivity index (χ4n) is 2.37. The Kier molecular flexibility index (Phi) is 5.34. The Morgan fingerprint density at radius 2 is 1.41 bits per heavy atom. The summed E-state index contributed by atoms with van der Waals surface area (Å²) in [5.74, 6) is -0.540. The van der Waals surface area contributed by atoms with Gasteiger partial charge in [0.1, 0.15) is 0 Å². The Hall–Kier alpha value is -0.200. The van der Waals surface area contributed by atoms with E-state index < -0.39 is 11.4 Å². The van der Waals surface area contributed by atoms with Gasteiger partial charge in [-0.05, 0) is 12.8 Å². The summed E-state index contributed by atoms with van der Waals surface area (Å²) in [6, 6.07) is 0. The van der Waals surface area contributed by atoms with E-state index in [1.54, 1.807) is 28.4 Å². The zero-order chi connectivity index (χ0) is 12.9. The van der Waals surface area contributed by atoms with Crippen LogP contribution in [0.4, 0.5) is 0 Å². The van der Waals surface area contributed by atoms with Crippen molar-refractivity contribution in [3.05, 3.63) is 0 Å². The van der Waals surface area contributed by atoms with Crippen LogP contribution in [0.2, 0.25) is 0 Å². The molecule has 1 fully saturated rings. The molecule has 0 aromatic rings. The number of hydrogen-bond acceptors (Lipinski definition) is 5. The molecule has 0 unspecified atom stereocenters. The zero-order valence-corrected chi connectivity index (χ0v) is 11.2. The van der Waals surface area contributed by atoms with Gasteiger partial charge in [0.05, 0.1) is 5.60 Å². The van der Waals surface area contributed by atoms with Crippen molar-refractivity contribution in [1.82, 2.24) is 0 Å². The van der Waals surface area contributed by atoms with Crippen LogP contribution >= 0.6 is 0 Å². The molecular formula is C12H24O5. The molecule has 102 valence electrons. The fourth-order valence-corrected chi connectivity index (χ4v) is 2.37. The predicted octanol–water partition coefficient (Wildman–Crippen LogP) is 1.29. The van der Waals surface area contributed by atoms with Crippen LogP contribution in [0, 0.1) is 0 Å². The minimum atomic E-state index is -0.753. The topological polar surface area (TPSA) is 57.2 Å². The molecule has 0 bridgehead atoms. The van der Waals surface area contributed by atoms with Crippen molar-refractivity contribution in [1.29, 1.82) is 0 Å². The van der Waals surface area contributed by atoms with Gasteiger partial charge in [-0.15, -0.1) is 0 Å². The third-order valence-corrected chi connectivity index (χ3v) is 3.76. The molecule has 0 aromatic carbocycles. The molecule has 0 amide bonds. The van der Waals surface area contributed by atoms with Gasteiger partial charge in [0, 0.05) is 47.7 Å². The van der Waals surface area contributed by atoms with Crippen LogP contribution in [-0.4, -0.2) is 51.2 Å². The van der Waals surface area contributed by atoms with Gasteiger partial charge in [0.2, 0.25) is 0 Å². The van der Waals surface area contributed by atoms with Gasteiger partial charge >= 0.3 is 0 Å². The van der Waals surface area contributed by atoms with Gasteiger partial charge in [0.25, 0.3) is 0 Å². The molecule has 0 heterocycles. The number of aliphatic hydroxyl groups is 1. The average molecular weight is 248 g/mol. The summed E-state index contributed by atoms with van der Waals surface area (Å²) in [4.78, 5) is 0. The molecule has 0 aromatic heterocycles. The maximum atomic E-state index is 10.5. The first-order chi connectivity index (χ1) is 8.03. The Morgan fingerprint density at radius 3 is 1.76 bits per heavy atom. The highest BCUT2D eigenvalue weighted by molar-refractivity contribution is 4.90. The van der Waals surface area contributed by atoms with Gasteiger partial charge in [-0.2, -0.15) is 0 Å². The maximum Gasteiger partial charge on any atom is 0.167 e. The molecule has 1 saturated carbocycles. The Morgan fingerprint density at radius 1 is 0.941 bits per heavy atom. The Balaban J connectivity index is 2.54. The van der Waals surface area contributed by atoms with Gasteiger partial charge in [-0.1, -0.05) is 0 Å². The molecule has 0 aliphatic heterocycles. The van der Waals surface area contributed by atoms with E-state index in [4.69, 9.17) is 18.9 Å². The van der Waals surface area contributed by atoms with E-state index in [2.05, 4.69) is 0 Å². The zero-order valence-electron chi connectivity index (χ0n) is 11.2. The van der Waals surface area contributed by atoms with Crippen molar-refractivity contribution in [2.75, 3.05) is 28.4 Å². The van der Waals surface area contributed by atoms with Crippen molar-refractivity contribution < 1.29 is 24.1 Å². The lowest BCUT2D eigenvalue weighted by Crippen LogP contribution is -2.46. The van der Waals surface area contributed by atoms with Crippen LogP contribution in [0.25, 0.3) is 0 Å². The van der Waals surface area contributed by atoms with E-state index in [9.17, 15) is 5.11 Å². The van der Waals surface area contributed by atoms with Crippen molar-refractivity contribution in [3.8, 4) is 0 Å². The van der Waals surface area contributed by atoms with E-state index in [0.29, 0.717) is 32.1 Å². The normalized spacial score (nSPS) is 22.9. The number of ether oxygens (including phenoxy) is 4. The highest BCUT2D eigenvalue weighted by Crippen LogP contribution is 2.39. The van der Waals surface area contributed by atoms with Crippen molar-refractivity contribution in [3.63, 3.8) is 0 Å². The minimum Gasteiger partial charge on any atom is -0.390 e. The van der Waals surface area contributed by atoms with E-state index in [-0.39, 0.29) is 6.29 Å². The molecule has 0 spiro atoms. The second-order valence-electron chi connectivity index (χ2n) is 4.65. The van der Waals surface area contributed by atoms with Crippen molar-refractivity contribution >= 4 is 0 Å². The lowest BCUT2D eigenvalue weighted by molar-refractivity contribution is -0.248. The molecule has 0 radical (unpaired) electrons. The summed E-state index contributed by atoms with van der Waals surface area (Å²) in [7, 11) is 6.44. The highest BCUT2D eigenvalue weighted by atomic mass is 16.7. The molecular weight excluding hydrogens is 224 g/mol. The van der Waals surface area contributed by atoms with E-state index in [1.807, 2.05) is 0 Å². The average Bonchev–Trinajstić information content (AvgIpc) is 2.38. The fraction of sp³-hybridized carbons (Fsp3) is 1.00. The van der Waals surface area contributed by atoms with E-state index in [0.717, 1.165) is 0 Å². The number of methoxy groups -OCH3 is 4. The van der Waals surface area contributed by atoms with Gasteiger partial charge in [-0.25, -0.2) is 0 Å². The summed E-state index contributed by atoms with van der Waals surface area (Å²) in [5, 5.41) is 10.5. The van der Waals surface area contributed by atoms with Crippen LogP contribution in [0.1, 0.15) is 32.1 Å². The summed E-state index contributed by atoms with van der Waals surface area (Å²) in [6.07, 6.45) is 2.71. The Labute approximate surface area is 103 Å². The quantitative estimate of drug-likeness (QED) is 0.718. The molecule has 1 aliphatic carbocycles. The molecule has 5 heteroatoms. The lowest BCUT2D eigenvalue weighted by Gasteiger charge is -2.42. The van der Waals surface area contributed by atoms with Crippen LogP contribution < -0.4 is 0 Å². The van der Waals surface area contributed by atoms with Crippen LogP contribution in [-0.2, 0) is 18.9 Å². The number of hydrogen-bond donors (Lipinski definition) is 1. The van der Waals surface area contributed by atoms with Crippen LogP contribution in [0.15, 0.2) is 0 Å². The SMILES string of the molecule is COC(CC1(O)CCC(OC)(OC)CC1)OC.